The largest absolute Gasteiger partial charge is 0.503 e. The first-order valence-electron chi connectivity index (χ1n) is 3.52. The van der Waals surface area contributed by atoms with Gasteiger partial charge in [-0.25, -0.2) is 0 Å². The van der Waals surface area contributed by atoms with Crippen molar-refractivity contribution in [2.75, 3.05) is 7.11 Å². The van der Waals surface area contributed by atoms with Crippen LogP contribution in [0.3, 0.4) is 0 Å². The molecule has 1 aromatic carbocycles. The van der Waals surface area contributed by atoms with Gasteiger partial charge in [0.15, 0.2) is 11.5 Å². The third kappa shape index (κ3) is 1.72. The van der Waals surface area contributed by atoms with E-state index >= 15 is 0 Å². The normalized spacial score (nSPS) is 9.69. The molecule has 0 fully saturated rings. The summed E-state index contributed by atoms with van der Waals surface area (Å²) in [6.45, 7) is 3.58. The maximum absolute atomic E-state index is 9.46. The molecule has 13 heavy (non-hydrogen) atoms. The highest BCUT2D eigenvalue weighted by atomic mass is 127. The highest BCUT2D eigenvalue weighted by molar-refractivity contribution is 14.1. The van der Waals surface area contributed by atoms with Gasteiger partial charge in [-0.1, -0.05) is 12.7 Å². The van der Waals surface area contributed by atoms with Crippen molar-refractivity contribution in [2.45, 2.75) is 0 Å². The van der Waals surface area contributed by atoms with Crippen LogP contribution in [0.15, 0.2) is 12.6 Å². The topological polar surface area (TPSA) is 49.7 Å². The number of ether oxygens (including phenoxy) is 1. The lowest BCUT2D eigenvalue weighted by Gasteiger charge is -2.09. The first-order valence-corrected chi connectivity index (χ1v) is 4.60. The van der Waals surface area contributed by atoms with E-state index in [0.29, 0.717) is 9.13 Å². The van der Waals surface area contributed by atoms with E-state index in [1.54, 1.807) is 12.1 Å². The van der Waals surface area contributed by atoms with Crippen molar-refractivity contribution in [1.29, 1.82) is 0 Å². The van der Waals surface area contributed by atoms with Crippen LogP contribution in [-0.4, -0.2) is 17.3 Å². The number of benzene rings is 1. The average molecular weight is 292 g/mol. The Hall–Kier alpha value is -0.910. The minimum Gasteiger partial charge on any atom is -0.503 e. The zero-order chi connectivity index (χ0) is 10.0. The summed E-state index contributed by atoms with van der Waals surface area (Å²) in [6, 6.07) is 1.68. The van der Waals surface area contributed by atoms with E-state index in [4.69, 9.17) is 4.74 Å². The summed E-state index contributed by atoms with van der Waals surface area (Å²) in [5, 5.41) is 18.8. The first-order chi connectivity index (χ1) is 6.11. The number of hydrogen-bond acceptors (Lipinski definition) is 3. The van der Waals surface area contributed by atoms with Crippen molar-refractivity contribution >= 4 is 28.7 Å². The quantitative estimate of drug-likeness (QED) is 0.650. The van der Waals surface area contributed by atoms with Gasteiger partial charge in [0.2, 0.25) is 5.75 Å². The predicted octanol–water partition coefficient (Wildman–Crippen LogP) is 2.35. The van der Waals surface area contributed by atoms with Gasteiger partial charge >= 0.3 is 0 Å². The lowest BCUT2D eigenvalue weighted by atomic mass is 10.1. The second kappa shape index (κ2) is 3.87. The number of rotatable bonds is 2. The summed E-state index contributed by atoms with van der Waals surface area (Å²) in [7, 11) is 1.42. The Bertz CT molecular complexity index is 347. The highest BCUT2D eigenvalue weighted by Crippen LogP contribution is 2.41. The van der Waals surface area contributed by atoms with Gasteiger partial charge < -0.3 is 14.9 Å². The van der Waals surface area contributed by atoms with E-state index in [1.165, 1.54) is 7.11 Å². The zero-order valence-electron chi connectivity index (χ0n) is 7.04. The van der Waals surface area contributed by atoms with E-state index in [-0.39, 0.29) is 17.2 Å². The smallest absolute Gasteiger partial charge is 0.202 e. The van der Waals surface area contributed by atoms with Gasteiger partial charge in [0.05, 0.1) is 10.7 Å². The molecule has 0 bridgehead atoms. The lowest BCUT2D eigenvalue weighted by molar-refractivity contribution is 0.349. The molecule has 1 rings (SSSR count). The maximum Gasteiger partial charge on any atom is 0.202 e. The lowest BCUT2D eigenvalue weighted by Crippen LogP contribution is -1.89. The number of halogens is 1. The van der Waals surface area contributed by atoms with Crippen molar-refractivity contribution in [3.63, 3.8) is 0 Å². The molecule has 0 aromatic heterocycles. The van der Waals surface area contributed by atoms with Gasteiger partial charge in [0, 0.05) is 5.56 Å². The van der Waals surface area contributed by atoms with Crippen LogP contribution >= 0.6 is 22.6 Å². The molecule has 0 heterocycles. The minimum absolute atomic E-state index is 0.164. The van der Waals surface area contributed by atoms with Crippen LogP contribution in [0.5, 0.6) is 17.2 Å². The van der Waals surface area contributed by atoms with Crippen LogP contribution < -0.4 is 4.74 Å². The van der Waals surface area contributed by atoms with Crippen molar-refractivity contribution in [2.24, 2.45) is 0 Å². The molecule has 0 aliphatic heterocycles. The van der Waals surface area contributed by atoms with Gasteiger partial charge in [-0.2, -0.15) is 0 Å². The number of phenolic OH excluding ortho intramolecular Hbond substituents is 2. The molecule has 4 heteroatoms. The second-order valence-corrected chi connectivity index (χ2v) is 3.54. The van der Waals surface area contributed by atoms with Crippen LogP contribution in [0.4, 0.5) is 0 Å². The zero-order valence-corrected chi connectivity index (χ0v) is 9.20. The molecule has 0 saturated heterocycles. The summed E-state index contributed by atoms with van der Waals surface area (Å²) >= 11 is 1.92. The third-order valence-electron chi connectivity index (χ3n) is 1.63. The van der Waals surface area contributed by atoms with Crippen molar-refractivity contribution in [3.8, 4) is 17.2 Å². The van der Waals surface area contributed by atoms with Gasteiger partial charge in [0.1, 0.15) is 0 Å². The number of aromatic hydroxyl groups is 2. The molecule has 0 atom stereocenters. The standard InChI is InChI=1S/C9H9IO3/c1-3-5-4-6(10)7(11)8(12)9(5)13-2/h3-4,11-12H,1H2,2H3. The second-order valence-electron chi connectivity index (χ2n) is 2.38. The Morgan fingerprint density at radius 2 is 2.08 bits per heavy atom. The summed E-state index contributed by atoms with van der Waals surface area (Å²) in [4.78, 5) is 0. The molecule has 0 radical (unpaired) electrons. The fourth-order valence-corrected chi connectivity index (χ4v) is 1.58. The molecule has 70 valence electrons. The fraction of sp³-hybridized carbons (Fsp3) is 0.111. The SMILES string of the molecule is C=Cc1cc(I)c(O)c(O)c1OC. The summed E-state index contributed by atoms with van der Waals surface area (Å²) in [6.07, 6.45) is 1.56. The van der Waals surface area contributed by atoms with Crippen molar-refractivity contribution in [1.82, 2.24) is 0 Å². The first kappa shape index (κ1) is 10.2. The highest BCUT2D eigenvalue weighted by Gasteiger charge is 2.14. The number of methoxy groups -OCH3 is 1. The summed E-state index contributed by atoms with van der Waals surface area (Å²) in [5.41, 5.74) is 0.655. The molecule has 2 N–H and O–H groups in total. The Labute approximate surface area is 89.8 Å². The fourth-order valence-electron chi connectivity index (χ4n) is 0.994. The third-order valence-corrected chi connectivity index (χ3v) is 2.46. The van der Waals surface area contributed by atoms with Crippen LogP contribution in [0.1, 0.15) is 5.56 Å². The number of phenols is 2. The van der Waals surface area contributed by atoms with Crippen LogP contribution in [0.25, 0.3) is 6.08 Å². The summed E-state index contributed by atoms with van der Waals surface area (Å²) in [5.74, 6) is -0.166. The van der Waals surface area contributed by atoms with E-state index in [2.05, 4.69) is 6.58 Å². The van der Waals surface area contributed by atoms with E-state index < -0.39 is 0 Å². The molecular formula is C9H9IO3. The molecule has 3 nitrogen and oxygen atoms in total. The Morgan fingerprint density at radius 1 is 1.46 bits per heavy atom. The molecule has 0 unspecified atom stereocenters. The van der Waals surface area contributed by atoms with Crippen LogP contribution in [-0.2, 0) is 0 Å². The van der Waals surface area contributed by atoms with Crippen LogP contribution in [0.2, 0.25) is 0 Å². The van der Waals surface area contributed by atoms with E-state index in [0.717, 1.165) is 0 Å². The minimum atomic E-state index is -0.246. The predicted molar refractivity (Wildman–Crippen MR) is 59.1 cm³/mol. The molecule has 0 aliphatic rings. The molecule has 0 spiro atoms. The Morgan fingerprint density at radius 3 is 2.54 bits per heavy atom. The molecule has 1 aromatic rings. The van der Waals surface area contributed by atoms with Gasteiger partial charge in [0.25, 0.3) is 0 Å². The van der Waals surface area contributed by atoms with Gasteiger partial charge in [-0.15, -0.1) is 0 Å². The monoisotopic (exact) mass is 292 g/mol. The van der Waals surface area contributed by atoms with Gasteiger partial charge in [-0.3, -0.25) is 0 Å². The van der Waals surface area contributed by atoms with Crippen molar-refractivity contribution in [3.05, 3.63) is 21.8 Å². The van der Waals surface area contributed by atoms with Crippen LogP contribution in [0, 0.1) is 3.57 Å². The molecular weight excluding hydrogens is 283 g/mol. The van der Waals surface area contributed by atoms with E-state index in [1.807, 2.05) is 22.6 Å². The van der Waals surface area contributed by atoms with E-state index in [9.17, 15) is 10.2 Å². The summed E-state index contributed by atoms with van der Waals surface area (Å²) < 4.78 is 5.48. The Balaban J connectivity index is 3.47. The molecule has 0 amide bonds. The Kier molecular flexibility index (Phi) is 3.02. The van der Waals surface area contributed by atoms with Crippen molar-refractivity contribution < 1.29 is 14.9 Å². The maximum atomic E-state index is 9.46. The molecule has 0 aliphatic carbocycles. The molecule has 0 saturated carbocycles. The number of hydrogen-bond donors (Lipinski definition) is 2. The average Bonchev–Trinajstić information content (AvgIpc) is 2.13. The van der Waals surface area contributed by atoms with Gasteiger partial charge in [-0.05, 0) is 28.7 Å².